The molecule has 0 spiro atoms. The number of likely N-dealkylation sites (N-methyl/N-ethyl adjacent to an activating group) is 1. The van der Waals surface area contributed by atoms with Crippen molar-refractivity contribution in [3.05, 3.63) is 28.8 Å². The number of ether oxygens (including phenoxy) is 2. The summed E-state index contributed by atoms with van der Waals surface area (Å²) in [7, 11) is 3.67. The summed E-state index contributed by atoms with van der Waals surface area (Å²) >= 11 is 6.09. The van der Waals surface area contributed by atoms with Gasteiger partial charge < -0.3 is 14.8 Å². The number of hydrogen-bond donors (Lipinski definition) is 1. The van der Waals surface area contributed by atoms with E-state index >= 15 is 0 Å². The summed E-state index contributed by atoms with van der Waals surface area (Å²) in [6, 6.07) is 6.21. The molecule has 1 aromatic carbocycles. The lowest BCUT2D eigenvalue weighted by molar-refractivity contribution is -0.0869. The third-order valence-electron chi connectivity index (χ3n) is 3.58. The molecule has 1 fully saturated rings. The summed E-state index contributed by atoms with van der Waals surface area (Å²) in [4.78, 5) is 0. The Labute approximate surface area is 113 Å². The largest absolute Gasteiger partial charge is 0.488 e. The number of benzene rings is 1. The van der Waals surface area contributed by atoms with Crippen molar-refractivity contribution in [2.24, 2.45) is 0 Å². The predicted octanol–water partition coefficient (Wildman–Crippen LogP) is 2.66. The average molecular weight is 270 g/mol. The Bertz CT molecular complexity index is 411. The maximum Gasteiger partial charge on any atom is 0.128 e. The Morgan fingerprint density at radius 3 is 2.83 bits per heavy atom. The first kappa shape index (κ1) is 13.7. The Kier molecular flexibility index (Phi) is 4.49. The Balaban J connectivity index is 2.02. The minimum Gasteiger partial charge on any atom is -0.488 e. The molecular formula is C14H20ClNO2. The van der Waals surface area contributed by atoms with Crippen molar-refractivity contribution in [1.82, 2.24) is 5.32 Å². The molecule has 1 aliphatic carbocycles. The molecule has 3 unspecified atom stereocenters. The van der Waals surface area contributed by atoms with Crippen molar-refractivity contribution >= 4 is 11.6 Å². The molecule has 1 aliphatic rings. The highest BCUT2D eigenvalue weighted by molar-refractivity contribution is 6.31. The van der Waals surface area contributed by atoms with Crippen molar-refractivity contribution in [2.45, 2.75) is 38.0 Å². The van der Waals surface area contributed by atoms with Crippen LogP contribution in [-0.2, 0) is 11.2 Å². The van der Waals surface area contributed by atoms with Gasteiger partial charge in [0.25, 0.3) is 0 Å². The molecule has 1 saturated carbocycles. The van der Waals surface area contributed by atoms with Gasteiger partial charge in [-0.1, -0.05) is 18.5 Å². The minimum absolute atomic E-state index is 0.121. The molecule has 4 heteroatoms. The van der Waals surface area contributed by atoms with E-state index in [0.29, 0.717) is 6.04 Å². The fourth-order valence-corrected chi connectivity index (χ4v) is 2.62. The van der Waals surface area contributed by atoms with E-state index in [1.807, 2.05) is 25.2 Å². The number of halogens is 1. The summed E-state index contributed by atoms with van der Waals surface area (Å²) in [5.41, 5.74) is 1.12. The second kappa shape index (κ2) is 5.91. The van der Waals surface area contributed by atoms with Gasteiger partial charge >= 0.3 is 0 Å². The zero-order valence-electron chi connectivity index (χ0n) is 11.1. The average Bonchev–Trinajstić information content (AvgIpc) is 2.36. The van der Waals surface area contributed by atoms with E-state index in [0.717, 1.165) is 29.2 Å². The van der Waals surface area contributed by atoms with Crippen molar-refractivity contribution in [2.75, 3.05) is 14.2 Å². The quantitative estimate of drug-likeness (QED) is 0.892. The van der Waals surface area contributed by atoms with E-state index in [1.165, 1.54) is 0 Å². The van der Waals surface area contributed by atoms with Crippen LogP contribution < -0.4 is 10.1 Å². The zero-order valence-corrected chi connectivity index (χ0v) is 11.8. The molecule has 3 atom stereocenters. The van der Waals surface area contributed by atoms with E-state index in [2.05, 4.69) is 12.2 Å². The Hall–Kier alpha value is -0.770. The standard InChI is InChI=1S/C14H20ClNO2/c1-4-9-7-10(5-6-11(9)15)18-13-8-12(16-2)14(13)17-3/h5-7,12-14,16H,4,8H2,1-3H3. The van der Waals surface area contributed by atoms with Gasteiger partial charge in [0, 0.05) is 24.6 Å². The van der Waals surface area contributed by atoms with Gasteiger partial charge in [-0.3, -0.25) is 0 Å². The highest BCUT2D eigenvalue weighted by Crippen LogP contribution is 2.30. The molecule has 3 nitrogen and oxygen atoms in total. The van der Waals surface area contributed by atoms with E-state index in [9.17, 15) is 0 Å². The molecule has 0 heterocycles. The van der Waals surface area contributed by atoms with Crippen LogP contribution in [0.3, 0.4) is 0 Å². The smallest absolute Gasteiger partial charge is 0.128 e. The van der Waals surface area contributed by atoms with Crippen molar-refractivity contribution in [1.29, 1.82) is 0 Å². The van der Waals surface area contributed by atoms with Crippen LogP contribution in [-0.4, -0.2) is 32.4 Å². The number of rotatable bonds is 5. The van der Waals surface area contributed by atoms with Gasteiger partial charge in [0.2, 0.25) is 0 Å². The highest BCUT2D eigenvalue weighted by atomic mass is 35.5. The van der Waals surface area contributed by atoms with Crippen LogP contribution >= 0.6 is 11.6 Å². The van der Waals surface area contributed by atoms with Crippen LogP contribution in [0.25, 0.3) is 0 Å². The number of hydrogen-bond acceptors (Lipinski definition) is 3. The fourth-order valence-electron chi connectivity index (χ4n) is 2.37. The van der Waals surface area contributed by atoms with Crippen molar-refractivity contribution in [3.8, 4) is 5.75 Å². The number of nitrogens with one attached hydrogen (secondary N) is 1. The first-order chi connectivity index (χ1) is 8.69. The molecule has 18 heavy (non-hydrogen) atoms. The highest BCUT2D eigenvalue weighted by Gasteiger charge is 2.42. The molecule has 2 rings (SSSR count). The predicted molar refractivity (Wildman–Crippen MR) is 73.5 cm³/mol. The Morgan fingerprint density at radius 1 is 1.44 bits per heavy atom. The third kappa shape index (κ3) is 2.63. The maximum atomic E-state index is 6.09. The summed E-state index contributed by atoms with van der Waals surface area (Å²) in [5.74, 6) is 0.873. The molecule has 0 saturated heterocycles. The zero-order chi connectivity index (χ0) is 13.1. The fraction of sp³-hybridized carbons (Fsp3) is 0.571. The van der Waals surface area contributed by atoms with Crippen LogP contribution in [0.2, 0.25) is 5.02 Å². The van der Waals surface area contributed by atoms with Gasteiger partial charge in [0.15, 0.2) is 0 Å². The first-order valence-electron chi connectivity index (χ1n) is 6.34. The first-order valence-corrected chi connectivity index (χ1v) is 6.72. The lowest BCUT2D eigenvalue weighted by atomic mass is 9.85. The maximum absolute atomic E-state index is 6.09. The normalized spacial score (nSPS) is 26.8. The van der Waals surface area contributed by atoms with Crippen LogP contribution in [0, 0.1) is 0 Å². The Morgan fingerprint density at radius 2 is 2.22 bits per heavy atom. The van der Waals surface area contributed by atoms with Crippen LogP contribution in [0.4, 0.5) is 0 Å². The lowest BCUT2D eigenvalue weighted by Gasteiger charge is -2.43. The molecule has 0 amide bonds. The van der Waals surface area contributed by atoms with E-state index < -0.39 is 0 Å². The molecule has 0 aliphatic heterocycles. The van der Waals surface area contributed by atoms with Crippen molar-refractivity contribution < 1.29 is 9.47 Å². The second-order valence-corrected chi connectivity index (χ2v) is 5.00. The SMILES string of the molecule is CCc1cc(OC2CC(NC)C2OC)ccc1Cl. The molecule has 1 aromatic rings. The summed E-state index contributed by atoms with van der Waals surface area (Å²) < 4.78 is 11.4. The molecule has 0 aromatic heterocycles. The van der Waals surface area contributed by atoms with E-state index in [4.69, 9.17) is 21.1 Å². The van der Waals surface area contributed by atoms with Crippen molar-refractivity contribution in [3.63, 3.8) is 0 Å². The van der Waals surface area contributed by atoms with E-state index in [-0.39, 0.29) is 12.2 Å². The molecule has 1 N–H and O–H groups in total. The third-order valence-corrected chi connectivity index (χ3v) is 3.95. The van der Waals surface area contributed by atoms with Gasteiger partial charge in [0.05, 0.1) is 0 Å². The summed E-state index contributed by atoms with van der Waals surface area (Å²) in [5, 5.41) is 4.02. The van der Waals surface area contributed by atoms with Crippen LogP contribution in [0.15, 0.2) is 18.2 Å². The second-order valence-electron chi connectivity index (χ2n) is 4.59. The number of methoxy groups -OCH3 is 1. The molecule has 0 bridgehead atoms. The summed E-state index contributed by atoms with van der Waals surface area (Å²) in [6.45, 7) is 2.09. The molecule has 0 radical (unpaired) electrons. The lowest BCUT2D eigenvalue weighted by Crippen LogP contribution is -2.60. The van der Waals surface area contributed by atoms with Gasteiger partial charge in [-0.05, 0) is 37.2 Å². The summed E-state index contributed by atoms with van der Waals surface area (Å²) in [6.07, 6.45) is 2.13. The van der Waals surface area contributed by atoms with Crippen LogP contribution in [0.5, 0.6) is 5.75 Å². The van der Waals surface area contributed by atoms with Gasteiger partial charge in [0.1, 0.15) is 18.0 Å². The van der Waals surface area contributed by atoms with Crippen LogP contribution in [0.1, 0.15) is 18.9 Å². The molecular weight excluding hydrogens is 250 g/mol. The number of aryl methyl sites for hydroxylation is 1. The van der Waals surface area contributed by atoms with Gasteiger partial charge in [-0.25, -0.2) is 0 Å². The van der Waals surface area contributed by atoms with Gasteiger partial charge in [-0.2, -0.15) is 0 Å². The van der Waals surface area contributed by atoms with Gasteiger partial charge in [-0.15, -0.1) is 0 Å². The molecule has 100 valence electrons. The minimum atomic E-state index is 0.121. The monoisotopic (exact) mass is 269 g/mol. The topological polar surface area (TPSA) is 30.5 Å². The van der Waals surface area contributed by atoms with E-state index in [1.54, 1.807) is 7.11 Å².